The van der Waals surface area contributed by atoms with Crippen molar-refractivity contribution >= 4 is 52.5 Å². The average Bonchev–Trinajstić information content (AvgIpc) is 3.24. The van der Waals surface area contributed by atoms with E-state index in [2.05, 4.69) is 5.32 Å². The second-order valence-electron chi connectivity index (χ2n) is 7.26. The normalized spacial score (nSPS) is 13.2. The van der Waals surface area contributed by atoms with E-state index >= 15 is 0 Å². The average molecular weight is 492 g/mol. The van der Waals surface area contributed by atoms with E-state index in [0.717, 1.165) is 29.8 Å². The maximum atomic E-state index is 12.7. The largest absolute Gasteiger partial charge is 0.454 e. The number of anilines is 1. The van der Waals surface area contributed by atoms with Gasteiger partial charge in [0.1, 0.15) is 6.04 Å². The first kappa shape index (κ1) is 24.5. The SMILES string of the molecule is CSCC[C@H](NC(=O)c1ccc([N+](=O)[O-])cc1Cl)C(=O)OCC(=O)N1CCc2ccccc21. The van der Waals surface area contributed by atoms with Crippen LogP contribution in [-0.4, -0.2) is 53.9 Å². The third kappa shape index (κ3) is 6.02. The molecule has 1 aliphatic rings. The van der Waals surface area contributed by atoms with E-state index in [1.165, 1.54) is 17.8 Å². The minimum Gasteiger partial charge on any atom is -0.454 e. The van der Waals surface area contributed by atoms with Crippen molar-refractivity contribution in [1.29, 1.82) is 0 Å². The van der Waals surface area contributed by atoms with Crippen molar-refractivity contribution in [3.05, 3.63) is 68.7 Å². The predicted octanol–water partition coefficient (Wildman–Crippen LogP) is 3.23. The molecule has 0 unspecified atom stereocenters. The number of carbonyl (C=O) groups excluding carboxylic acids is 3. The number of benzene rings is 2. The van der Waals surface area contributed by atoms with Crippen LogP contribution in [0.1, 0.15) is 22.3 Å². The fourth-order valence-corrected chi connectivity index (χ4v) is 4.16. The third-order valence-electron chi connectivity index (χ3n) is 5.13. The predicted molar refractivity (Wildman–Crippen MR) is 126 cm³/mol. The van der Waals surface area contributed by atoms with E-state index in [-0.39, 0.29) is 28.6 Å². The van der Waals surface area contributed by atoms with Gasteiger partial charge < -0.3 is 15.0 Å². The molecule has 0 saturated carbocycles. The number of nitrogens with zero attached hydrogens (tertiary/aromatic N) is 2. The van der Waals surface area contributed by atoms with Crippen LogP contribution in [0.5, 0.6) is 0 Å². The molecule has 9 nitrogen and oxygen atoms in total. The molecule has 174 valence electrons. The Balaban J connectivity index is 1.63. The van der Waals surface area contributed by atoms with Crippen molar-refractivity contribution in [3.8, 4) is 0 Å². The maximum Gasteiger partial charge on any atom is 0.329 e. The van der Waals surface area contributed by atoms with E-state index in [4.69, 9.17) is 16.3 Å². The summed E-state index contributed by atoms with van der Waals surface area (Å²) < 4.78 is 5.23. The standard InChI is InChI=1S/C22H22ClN3O6S/c1-33-11-9-18(24-21(28)16-7-6-15(26(30)31)12-17(16)23)22(29)32-13-20(27)25-10-8-14-4-2-3-5-19(14)25/h2-7,12,18H,8-11,13H2,1H3,(H,24,28)/t18-/m0/s1. The zero-order valence-corrected chi connectivity index (χ0v) is 19.4. The lowest BCUT2D eigenvalue weighted by Gasteiger charge is -2.20. The molecular weight excluding hydrogens is 470 g/mol. The molecule has 1 heterocycles. The van der Waals surface area contributed by atoms with E-state index in [1.807, 2.05) is 30.5 Å². The number of esters is 1. The molecule has 1 N–H and O–H groups in total. The highest BCUT2D eigenvalue weighted by Crippen LogP contribution is 2.27. The summed E-state index contributed by atoms with van der Waals surface area (Å²) in [5.74, 6) is -1.20. The fourth-order valence-electron chi connectivity index (χ4n) is 3.43. The summed E-state index contributed by atoms with van der Waals surface area (Å²) in [6.45, 7) is 0.0676. The summed E-state index contributed by atoms with van der Waals surface area (Å²) in [6.07, 6.45) is 2.86. The molecule has 1 aliphatic heterocycles. The number of hydrogen-bond acceptors (Lipinski definition) is 7. The minimum atomic E-state index is -1.00. The molecule has 0 radical (unpaired) electrons. The molecule has 0 fully saturated rings. The highest BCUT2D eigenvalue weighted by molar-refractivity contribution is 7.98. The Morgan fingerprint density at radius 1 is 1.27 bits per heavy atom. The van der Waals surface area contributed by atoms with Gasteiger partial charge in [-0.15, -0.1) is 0 Å². The summed E-state index contributed by atoms with van der Waals surface area (Å²) >= 11 is 7.50. The Morgan fingerprint density at radius 2 is 2.03 bits per heavy atom. The first-order valence-electron chi connectivity index (χ1n) is 10.1. The number of thioether (sulfide) groups is 1. The first-order chi connectivity index (χ1) is 15.8. The van der Waals surface area contributed by atoms with Crippen LogP contribution < -0.4 is 10.2 Å². The zero-order valence-electron chi connectivity index (χ0n) is 17.8. The Kier molecular flexibility index (Phi) is 8.29. The molecule has 2 amide bonds. The van der Waals surface area contributed by atoms with Gasteiger partial charge in [-0.05, 0) is 42.5 Å². The lowest BCUT2D eigenvalue weighted by molar-refractivity contribution is -0.384. The van der Waals surface area contributed by atoms with Gasteiger partial charge in [0.25, 0.3) is 17.5 Å². The summed E-state index contributed by atoms with van der Waals surface area (Å²) in [7, 11) is 0. The van der Waals surface area contributed by atoms with Gasteiger partial charge >= 0.3 is 5.97 Å². The highest BCUT2D eigenvalue weighted by atomic mass is 35.5. The van der Waals surface area contributed by atoms with Gasteiger partial charge in [0, 0.05) is 24.4 Å². The molecule has 0 aromatic heterocycles. The van der Waals surface area contributed by atoms with Crippen LogP contribution in [0.4, 0.5) is 11.4 Å². The molecule has 11 heteroatoms. The molecule has 2 aromatic rings. The van der Waals surface area contributed by atoms with Gasteiger partial charge in [0.05, 0.1) is 15.5 Å². The number of non-ortho nitro benzene ring substituents is 1. The molecular formula is C22H22ClN3O6S. The van der Waals surface area contributed by atoms with Crippen LogP contribution in [0.15, 0.2) is 42.5 Å². The first-order valence-corrected chi connectivity index (χ1v) is 11.9. The van der Waals surface area contributed by atoms with Gasteiger partial charge in [-0.1, -0.05) is 29.8 Å². The van der Waals surface area contributed by atoms with Crippen molar-refractivity contribution in [2.75, 3.05) is 30.1 Å². The third-order valence-corrected chi connectivity index (χ3v) is 6.09. The van der Waals surface area contributed by atoms with Crippen molar-refractivity contribution in [2.45, 2.75) is 18.9 Å². The number of hydrogen-bond donors (Lipinski definition) is 1. The van der Waals surface area contributed by atoms with Crippen LogP contribution in [-0.2, 0) is 20.7 Å². The fraction of sp³-hybridized carbons (Fsp3) is 0.318. The van der Waals surface area contributed by atoms with Crippen LogP contribution in [0.2, 0.25) is 5.02 Å². The number of nitro benzene ring substituents is 1. The topological polar surface area (TPSA) is 119 Å². The number of para-hydroxylation sites is 1. The second kappa shape index (κ2) is 11.2. The lowest BCUT2D eigenvalue weighted by Crippen LogP contribution is -2.43. The number of fused-ring (bicyclic) bond motifs is 1. The van der Waals surface area contributed by atoms with Crippen LogP contribution in [0.3, 0.4) is 0 Å². The Labute approximate surface area is 199 Å². The molecule has 0 saturated heterocycles. The van der Waals surface area contributed by atoms with E-state index in [9.17, 15) is 24.5 Å². The molecule has 0 aliphatic carbocycles. The monoisotopic (exact) mass is 491 g/mol. The quantitative estimate of drug-likeness (QED) is 0.325. The van der Waals surface area contributed by atoms with Crippen molar-refractivity contribution in [1.82, 2.24) is 5.32 Å². The number of nitro groups is 1. The van der Waals surface area contributed by atoms with Crippen molar-refractivity contribution in [2.24, 2.45) is 0 Å². The van der Waals surface area contributed by atoms with Crippen LogP contribution in [0.25, 0.3) is 0 Å². The summed E-state index contributed by atoms with van der Waals surface area (Å²) in [5.41, 5.74) is 1.60. The minimum absolute atomic E-state index is 0.00558. The Hall–Kier alpha value is -3.11. The Bertz CT molecular complexity index is 1080. The summed E-state index contributed by atoms with van der Waals surface area (Å²) in [4.78, 5) is 49.8. The van der Waals surface area contributed by atoms with E-state index in [1.54, 1.807) is 4.90 Å². The molecule has 2 aromatic carbocycles. The smallest absolute Gasteiger partial charge is 0.329 e. The lowest BCUT2D eigenvalue weighted by atomic mass is 10.1. The van der Waals surface area contributed by atoms with Gasteiger partial charge in [0.2, 0.25) is 0 Å². The van der Waals surface area contributed by atoms with Gasteiger partial charge in [-0.25, -0.2) is 4.79 Å². The number of halogens is 1. The maximum absolute atomic E-state index is 12.7. The van der Waals surface area contributed by atoms with E-state index < -0.39 is 29.4 Å². The number of amides is 2. The van der Waals surface area contributed by atoms with Crippen LogP contribution in [0, 0.1) is 10.1 Å². The summed E-state index contributed by atoms with van der Waals surface area (Å²) in [5, 5.41) is 13.3. The van der Waals surface area contributed by atoms with E-state index in [0.29, 0.717) is 12.3 Å². The van der Waals surface area contributed by atoms with Gasteiger partial charge in [0.15, 0.2) is 6.61 Å². The van der Waals surface area contributed by atoms with Crippen molar-refractivity contribution < 1.29 is 24.0 Å². The molecule has 1 atom stereocenters. The zero-order chi connectivity index (χ0) is 24.0. The van der Waals surface area contributed by atoms with Gasteiger partial charge in [-0.3, -0.25) is 19.7 Å². The van der Waals surface area contributed by atoms with Gasteiger partial charge in [-0.2, -0.15) is 11.8 Å². The molecule has 0 spiro atoms. The van der Waals surface area contributed by atoms with Crippen molar-refractivity contribution in [3.63, 3.8) is 0 Å². The highest BCUT2D eigenvalue weighted by Gasteiger charge is 2.28. The summed E-state index contributed by atoms with van der Waals surface area (Å²) in [6, 6.07) is 9.98. The molecule has 3 rings (SSSR count). The number of nitrogens with one attached hydrogen (secondary N) is 1. The number of ether oxygens (including phenoxy) is 1. The molecule has 0 bridgehead atoms. The number of rotatable bonds is 9. The van der Waals surface area contributed by atoms with Crippen LogP contribution >= 0.6 is 23.4 Å². The second-order valence-corrected chi connectivity index (χ2v) is 8.65. The Morgan fingerprint density at radius 3 is 2.73 bits per heavy atom. The number of carbonyl (C=O) groups is 3. The molecule has 33 heavy (non-hydrogen) atoms.